The SMILES string of the molecule is COc1cc(-c2cc(C3CCCNC3)n3ncnc(N)c23)cc(F)c1CO. The van der Waals surface area contributed by atoms with Crippen molar-refractivity contribution < 1.29 is 14.2 Å². The summed E-state index contributed by atoms with van der Waals surface area (Å²) in [6.45, 7) is 1.43. The number of nitrogens with one attached hydrogen (secondary N) is 1. The highest BCUT2D eigenvalue weighted by Gasteiger charge is 2.24. The third-order valence-corrected chi connectivity index (χ3v) is 5.17. The maximum absolute atomic E-state index is 14.5. The van der Waals surface area contributed by atoms with Crippen LogP contribution in [0, 0.1) is 5.82 Å². The van der Waals surface area contributed by atoms with Crippen molar-refractivity contribution in [3.63, 3.8) is 0 Å². The first-order chi connectivity index (χ1) is 13.1. The number of aliphatic hydroxyl groups excluding tert-OH is 1. The molecule has 7 nitrogen and oxygen atoms in total. The molecule has 0 aliphatic carbocycles. The van der Waals surface area contributed by atoms with Gasteiger partial charge in [0.1, 0.15) is 23.4 Å². The van der Waals surface area contributed by atoms with Crippen molar-refractivity contribution in [2.75, 3.05) is 25.9 Å². The van der Waals surface area contributed by atoms with E-state index in [1.807, 2.05) is 6.07 Å². The summed E-state index contributed by atoms with van der Waals surface area (Å²) in [5.74, 6) is 0.393. The normalized spacial score (nSPS) is 17.4. The van der Waals surface area contributed by atoms with Gasteiger partial charge >= 0.3 is 0 Å². The van der Waals surface area contributed by atoms with Gasteiger partial charge in [0.2, 0.25) is 0 Å². The molecule has 0 amide bonds. The molecule has 1 aliphatic rings. The Bertz CT molecular complexity index is 982. The third-order valence-electron chi connectivity index (χ3n) is 5.17. The van der Waals surface area contributed by atoms with Crippen molar-refractivity contribution in [2.24, 2.45) is 0 Å². The number of nitrogens with zero attached hydrogens (tertiary/aromatic N) is 3. The maximum Gasteiger partial charge on any atom is 0.151 e. The fraction of sp³-hybridized carbons (Fsp3) is 0.368. The molecule has 1 aromatic carbocycles. The number of methoxy groups -OCH3 is 1. The molecular formula is C19H22FN5O2. The van der Waals surface area contributed by atoms with E-state index in [4.69, 9.17) is 10.5 Å². The van der Waals surface area contributed by atoms with Crippen LogP contribution in [-0.4, -0.2) is 39.9 Å². The van der Waals surface area contributed by atoms with Gasteiger partial charge in [0.05, 0.1) is 19.3 Å². The molecule has 1 unspecified atom stereocenters. The zero-order valence-electron chi connectivity index (χ0n) is 15.1. The molecule has 0 bridgehead atoms. The number of rotatable bonds is 4. The number of halogens is 1. The van der Waals surface area contributed by atoms with E-state index >= 15 is 0 Å². The topological polar surface area (TPSA) is 97.7 Å². The van der Waals surface area contributed by atoms with Crippen LogP contribution >= 0.6 is 0 Å². The molecule has 8 heteroatoms. The third kappa shape index (κ3) is 3.00. The number of benzene rings is 1. The minimum Gasteiger partial charge on any atom is -0.496 e. The molecule has 1 fully saturated rings. The lowest BCUT2D eigenvalue weighted by atomic mass is 9.95. The lowest BCUT2D eigenvalue weighted by Gasteiger charge is -2.22. The fourth-order valence-corrected chi connectivity index (χ4v) is 3.81. The average Bonchev–Trinajstić information content (AvgIpc) is 3.09. The van der Waals surface area contributed by atoms with Crippen LogP contribution in [0.1, 0.15) is 30.0 Å². The number of nitrogen functional groups attached to an aromatic ring is 1. The van der Waals surface area contributed by atoms with Crippen LogP contribution in [0.5, 0.6) is 5.75 Å². The van der Waals surface area contributed by atoms with E-state index < -0.39 is 12.4 Å². The summed E-state index contributed by atoms with van der Waals surface area (Å²) in [4.78, 5) is 4.12. The Balaban J connectivity index is 1.93. The molecule has 1 atom stereocenters. The van der Waals surface area contributed by atoms with E-state index in [-0.39, 0.29) is 11.5 Å². The largest absolute Gasteiger partial charge is 0.496 e. The molecule has 0 radical (unpaired) electrons. The van der Waals surface area contributed by atoms with Crippen LogP contribution < -0.4 is 15.8 Å². The first-order valence-corrected chi connectivity index (χ1v) is 8.94. The van der Waals surface area contributed by atoms with Crippen molar-refractivity contribution in [3.05, 3.63) is 41.6 Å². The van der Waals surface area contributed by atoms with Crippen LogP contribution in [0.25, 0.3) is 16.6 Å². The quantitative estimate of drug-likeness (QED) is 0.650. The van der Waals surface area contributed by atoms with E-state index in [9.17, 15) is 9.50 Å². The number of fused-ring (bicyclic) bond motifs is 1. The molecule has 4 N–H and O–H groups in total. The summed E-state index contributed by atoms with van der Waals surface area (Å²) in [6, 6.07) is 5.10. The molecule has 0 saturated carbocycles. The van der Waals surface area contributed by atoms with Gasteiger partial charge in [-0.3, -0.25) is 0 Å². The Hall–Kier alpha value is -2.71. The predicted octanol–water partition coefficient (Wildman–Crippen LogP) is 2.09. The van der Waals surface area contributed by atoms with Gasteiger partial charge in [-0.2, -0.15) is 5.10 Å². The standard InChI is InChI=1S/C19H22FN5O2/c1-27-17-6-12(5-15(20)14(17)9-26)13-7-16(11-3-2-4-22-8-11)25-18(13)19(21)23-10-24-25/h5-7,10-11,22,26H,2-4,8-9H2,1H3,(H2,21,23,24). The second-order valence-electron chi connectivity index (χ2n) is 6.73. The molecular weight excluding hydrogens is 349 g/mol. The van der Waals surface area contributed by atoms with Crippen LogP contribution in [0.4, 0.5) is 10.2 Å². The molecule has 3 heterocycles. The van der Waals surface area contributed by atoms with Gasteiger partial charge in [-0.25, -0.2) is 13.9 Å². The van der Waals surface area contributed by atoms with Crippen molar-refractivity contribution in [1.82, 2.24) is 19.9 Å². The number of anilines is 1. The van der Waals surface area contributed by atoms with Crippen LogP contribution in [-0.2, 0) is 6.61 Å². The van der Waals surface area contributed by atoms with Gasteiger partial charge in [-0.05, 0) is 43.1 Å². The summed E-state index contributed by atoms with van der Waals surface area (Å²) >= 11 is 0. The van der Waals surface area contributed by atoms with Crippen LogP contribution in [0.2, 0.25) is 0 Å². The van der Waals surface area contributed by atoms with Crippen LogP contribution in [0.15, 0.2) is 24.5 Å². The van der Waals surface area contributed by atoms with Crippen molar-refractivity contribution >= 4 is 11.3 Å². The van der Waals surface area contributed by atoms with Gasteiger partial charge in [-0.1, -0.05) is 0 Å². The minimum absolute atomic E-state index is 0.130. The fourth-order valence-electron chi connectivity index (χ4n) is 3.81. The Labute approximate surface area is 156 Å². The van der Waals surface area contributed by atoms with Gasteiger partial charge in [-0.15, -0.1) is 0 Å². The number of aliphatic hydroxyl groups is 1. The zero-order chi connectivity index (χ0) is 19.0. The molecule has 142 valence electrons. The van der Waals surface area contributed by atoms with Gasteiger partial charge in [0.25, 0.3) is 0 Å². The van der Waals surface area contributed by atoms with E-state index in [1.54, 1.807) is 10.6 Å². The second-order valence-corrected chi connectivity index (χ2v) is 6.73. The summed E-state index contributed by atoms with van der Waals surface area (Å²) in [5, 5.41) is 17.2. The van der Waals surface area contributed by atoms with Crippen LogP contribution in [0.3, 0.4) is 0 Å². The van der Waals surface area contributed by atoms with Crippen molar-refractivity contribution in [2.45, 2.75) is 25.4 Å². The molecule has 0 spiro atoms. The smallest absolute Gasteiger partial charge is 0.151 e. The summed E-state index contributed by atoms with van der Waals surface area (Å²) in [7, 11) is 1.45. The first-order valence-electron chi connectivity index (χ1n) is 8.94. The minimum atomic E-state index is -0.525. The zero-order valence-corrected chi connectivity index (χ0v) is 15.1. The average molecular weight is 371 g/mol. The highest BCUT2D eigenvalue weighted by molar-refractivity contribution is 5.89. The summed E-state index contributed by atoms with van der Waals surface area (Å²) in [6.07, 6.45) is 3.56. The highest BCUT2D eigenvalue weighted by atomic mass is 19.1. The molecule has 1 saturated heterocycles. The Morgan fingerprint density at radius 2 is 2.26 bits per heavy atom. The van der Waals surface area contributed by atoms with E-state index in [1.165, 1.54) is 19.5 Å². The van der Waals surface area contributed by atoms with Crippen molar-refractivity contribution in [1.29, 1.82) is 0 Å². The molecule has 3 aromatic rings. The Morgan fingerprint density at radius 1 is 1.41 bits per heavy atom. The number of piperidine rings is 1. The Kier molecular flexibility index (Phi) is 4.67. The maximum atomic E-state index is 14.5. The molecule has 2 aromatic heterocycles. The number of aromatic nitrogens is 3. The highest BCUT2D eigenvalue weighted by Crippen LogP contribution is 2.37. The monoisotopic (exact) mass is 371 g/mol. The number of hydrogen-bond donors (Lipinski definition) is 3. The van der Waals surface area contributed by atoms with Gasteiger partial charge in [0, 0.05) is 23.7 Å². The second kappa shape index (κ2) is 7.13. The summed E-state index contributed by atoms with van der Waals surface area (Å²) in [5.41, 5.74) is 9.30. The number of nitrogens with two attached hydrogens (primary N) is 1. The molecule has 4 rings (SSSR count). The van der Waals surface area contributed by atoms with E-state index in [0.717, 1.165) is 37.2 Å². The van der Waals surface area contributed by atoms with E-state index in [2.05, 4.69) is 15.4 Å². The Morgan fingerprint density at radius 3 is 2.96 bits per heavy atom. The summed E-state index contributed by atoms with van der Waals surface area (Å²) < 4.78 is 21.6. The lowest BCUT2D eigenvalue weighted by molar-refractivity contribution is 0.267. The van der Waals surface area contributed by atoms with E-state index in [0.29, 0.717) is 22.6 Å². The van der Waals surface area contributed by atoms with Crippen molar-refractivity contribution in [3.8, 4) is 16.9 Å². The number of hydrogen-bond acceptors (Lipinski definition) is 6. The predicted molar refractivity (Wildman–Crippen MR) is 100 cm³/mol. The number of ether oxygens (including phenoxy) is 1. The molecule has 1 aliphatic heterocycles. The lowest BCUT2D eigenvalue weighted by Crippen LogP contribution is -2.29. The molecule has 27 heavy (non-hydrogen) atoms. The van der Waals surface area contributed by atoms with Gasteiger partial charge < -0.3 is 20.9 Å². The van der Waals surface area contributed by atoms with Gasteiger partial charge in [0.15, 0.2) is 5.82 Å². The first kappa shape index (κ1) is 17.7.